The van der Waals surface area contributed by atoms with Crippen LogP contribution in [0.15, 0.2) is 11.4 Å². The first kappa shape index (κ1) is 15.4. The van der Waals surface area contributed by atoms with Crippen molar-refractivity contribution in [3.05, 3.63) is 11.9 Å². The molecule has 0 radical (unpaired) electrons. The Morgan fingerprint density at radius 3 is 2.89 bits per heavy atom. The zero-order chi connectivity index (χ0) is 13.4. The molecule has 0 bridgehead atoms. The van der Waals surface area contributed by atoms with Crippen LogP contribution in [0, 0.1) is 0 Å². The van der Waals surface area contributed by atoms with E-state index in [9.17, 15) is 4.79 Å². The molecule has 6 heteroatoms. The number of carbonyl (C=O) groups is 1. The Bertz CT molecular complexity index is 380. The highest BCUT2D eigenvalue weighted by atomic mass is 32.2. The van der Waals surface area contributed by atoms with Gasteiger partial charge in [0.25, 0.3) is 0 Å². The third kappa shape index (κ3) is 4.94. The summed E-state index contributed by atoms with van der Waals surface area (Å²) in [5.74, 6) is 0.452. The molecule has 0 spiro atoms. The number of imidazole rings is 1. The number of hydrogen-bond acceptors (Lipinski definition) is 4. The lowest BCUT2D eigenvalue weighted by Gasteiger charge is -2.10. The number of aryl methyl sites for hydroxylation is 1. The Balaban J connectivity index is 2.60. The van der Waals surface area contributed by atoms with Crippen LogP contribution in [-0.2, 0) is 17.8 Å². The molecule has 4 nitrogen and oxygen atoms in total. The summed E-state index contributed by atoms with van der Waals surface area (Å²) in [7, 11) is 0. The molecule has 0 aliphatic heterocycles. The zero-order valence-electron chi connectivity index (χ0n) is 10.9. The van der Waals surface area contributed by atoms with Crippen molar-refractivity contribution in [3.8, 4) is 0 Å². The van der Waals surface area contributed by atoms with E-state index in [-0.39, 0.29) is 5.75 Å². The van der Waals surface area contributed by atoms with Crippen LogP contribution in [0.2, 0.25) is 0 Å². The second kappa shape index (κ2) is 8.48. The quantitative estimate of drug-likeness (QED) is 0.559. The Morgan fingerprint density at radius 1 is 1.50 bits per heavy atom. The second-order valence-corrected chi connectivity index (χ2v) is 5.85. The molecule has 0 atom stereocenters. The molecular formula is C12H20N2O2S2. The molecule has 0 unspecified atom stereocenters. The number of carboxylic acid groups (broad SMARTS) is 1. The molecule has 0 saturated carbocycles. The Labute approximate surface area is 117 Å². The molecule has 0 fully saturated rings. The molecule has 0 aliphatic carbocycles. The van der Waals surface area contributed by atoms with Gasteiger partial charge in [0, 0.05) is 18.4 Å². The fourth-order valence-electron chi connectivity index (χ4n) is 1.67. The number of nitrogens with zero attached hydrogens (tertiary/aromatic N) is 2. The summed E-state index contributed by atoms with van der Waals surface area (Å²) in [4.78, 5) is 14.9. The van der Waals surface area contributed by atoms with Gasteiger partial charge >= 0.3 is 5.97 Å². The summed E-state index contributed by atoms with van der Waals surface area (Å²) in [6.45, 7) is 3.03. The van der Waals surface area contributed by atoms with Gasteiger partial charge in [0.2, 0.25) is 0 Å². The molecule has 18 heavy (non-hydrogen) atoms. The smallest absolute Gasteiger partial charge is 0.313 e. The van der Waals surface area contributed by atoms with Gasteiger partial charge in [0.05, 0.1) is 5.75 Å². The molecule has 1 rings (SSSR count). The van der Waals surface area contributed by atoms with Gasteiger partial charge in [-0.25, -0.2) is 4.98 Å². The fourth-order valence-corrected chi connectivity index (χ4v) is 2.91. The minimum Gasteiger partial charge on any atom is -0.481 e. The van der Waals surface area contributed by atoms with E-state index in [2.05, 4.69) is 22.7 Å². The Kier molecular flexibility index (Phi) is 7.27. The zero-order valence-corrected chi connectivity index (χ0v) is 12.5. The van der Waals surface area contributed by atoms with Crippen LogP contribution in [0.3, 0.4) is 0 Å². The maximum atomic E-state index is 10.6. The topological polar surface area (TPSA) is 55.1 Å². The summed E-state index contributed by atoms with van der Waals surface area (Å²) in [6, 6.07) is 0. The molecule has 0 amide bonds. The molecule has 0 aliphatic rings. The highest BCUT2D eigenvalue weighted by molar-refractivity contribution is 7.99. The molecule has 1 aromatic heterocycles. The van der Waals surface area contributed by atoms with Crippen LogP contribution in [0.5, 0.6) is 0 Å². The van der Waals surface area contributed by atoms with Crippen LogP contribution >= 0.6 is 23.5 Å². The number of aromatic nitrogens is 2. The van der Waals surface area contributed by atoms with E-state index in [1.54, 1.807) is 0 Å². The first-order chi connectivity index (χ1) is 8.69. The largest absolute Gasteiger partial charge is 0.481 e. The lowest BCUT2D eigenvalue weighted by Crippen LogP contribution is -2.06. The third-order valence-corrected chi connectivity index (χ3v) is 4.24. The van der Waals surface area contributed by atoms with Gasteiger partial charge in [-0.2, -0.15) is 11.8 Å². The average Bonchev–Trinajstić information content (AvgIpc) is 2.74. The summed E-state index contributed by atoms with van der Waals surface area (Å²) in [6.07, 6.45) is 7.21. The number of unbranched alkanes of at least 4 members (excludes halogenated alkanes) is 1. The summed E-state index contributed by atoms with van der Waals surface area (Å²) < 4.78 is 2.16. The van der Waals surface area contributed by atoms with Crippen molar-refractivity contribution in [2.45, 2.75) is 37.9 Å². The van der Waals surface area contributed by atoms with Crippen molar-refractivity contribution in [2.24, 2.45) is 0 Å². The molecular weight excluding hydrogens is 268 g/mol. The van der Waals surface area contributed by atoms with E-state index in [0.29, 0.717) is 0 Å². The van der Waals surface area contributed by atoms with E-state index in [0.717, 1.165) is 24.5 Å². The van der Waals surface area contributed by atoms with Crippen molar-refractivity contribution < 1.29 is 9.90 Å². The lowest BCUT2D eigenvalue weighted by atomic mass is 10.3. The second-order valence-electron chi connectivity index (χ2n) is 3.92. The van der Waals surface area contributed by atoms with Crippen LogP contribution in [0.1, 0.15) is 25.5 Å². The van der Waals surface area contributed by atoms with E-state index in [4.69, 9.17) is 5.11 Å². The Morgan fingerprint density at radius 2 is 2.28 bits per heavy atom. The van der Waals surface area contributed by atoms with Crippen molar-refractivity contribution >= 4 is 29.5 Å². The van der Waals surface area contributed by atoms with E-state index < -0.39 is 5.97 Å². The molecule has 102 valence electrons. The maximum absolute atomic E-state index is 10.6. The van der Waals surface area contributed by atoms with Gasteiger partial charge in [-0.05, 0) is 31.3 Å². The van der Waals surface area contributed by atoms with Crippen LogP contribution in [0.4, 0.5) is 0 Å². The van der Waals surface area contributed by atoms with Crippen molar-refractivity contribution in [3.63, 3.8) is 0 Å². The van der Waals surface area contributed by atoms with Crippen molar-refractivity contribution in [1.29, 1.82) is 0 Å². The number of carboxylic acids is 1. The SMILES string of the molecule is CCc1cnc(SCC(=O)O)n1CCCCSC. The van der Waals surface area contributed by atoms with Gasteiger partial charge in [-0.15, -0.1) is 0 Å². The van der Waals surface area contributed by atoms with Gasteiger partial charge < -0.3 is 9.67 Å². The molecule has 1 aromatic rings. The van der Waals surface area contributed by atoms with Gasteiger partial charge in [0.15, 0.2) is 5.16 Å². The average molecular weight is 288 g/mol. The molecule has 0 saturated heterocycles. The van der Waals surface area contributed by atoms with Crippen LogP contribution in [0.25, 0.3) is 0 Å². The summed E-state index contributed by atoms with van der Waals surface area (Å²) in [5, 5.41) is 9.55. The number of rotatable bonds is 9. The third-order valence-electron chi connectivity index (χ3n) is 2.57. The van der Waals surface area contributed by atoms with Crippen LogP contribution in [-0.4, -0.2) is 38.4 Å². The predicted molar refractivity (Wildman–Crippen MR) is 77.6 cm³/mol. The predicted octanol–water partition coefficient (Wildman–Crippen LogP) is 2.77. The molecule has 1 heterocycles. The normalized spacial score (nSPS) is 10.8. The minimum atomic E-state index is -0.796. The fraction of sp³-hybridized carbons (Fsp3) is 0.667. The van der Waals surface area contributed by atoms with Gasteiger partial charge in [-0.3, -0.25) is 4.79 Å². The van der Waals surface area contributed by atoms with Crippen LogP contribution < -0.4 is 0 Å². The highest BCUT2D eigenvalue weighted by Crippen LogP contribution is 2.19. The summed E-state index contributed by atoms with van der Waals surface area (Å²) in [5.41, 5.74) is 1.19. The monoisotopic (exact) mass is 288 g/mol. The van der Waals surface area contributed by atoms with Gasteiger partial charge in [0.1, 0.15) is 0 Å². The molecule has 1 N–H and O–H groups in total. The number of hydrogen-bond donors (Lipinski definition) is 1. The minimum absolute atomic E-state index is 0.0744. The Hall–Kier alpha value is -0.620. The van der Waals surface area contributed by atoms with Crippen molar-refractivity contribution in [1.82, 2.24) is 9.55 Å². The van der Waals surface area contributed by atoms with Crippen molar-refractivity contribution in [2.75, 3.05) is 17.8 Å². The van der Waals surface area contributed by atoms with E-state index in [1.165, 1.54) is 29.6 Å². The number of thioether (sulfide) groups is 2. The highest BCUT2D eigenvalue weighted by Gasteiger charge is 2.10. The maximum Gasteiger partial charge on any atom is 0.313 e. The molecule has 0 aromatic carbocycles. The first-order valence-corrected chi connectivity index (χ1v) is 8.45. The summed E-state index contributed by atoms with van der Waals surface area (Å²) >= 11 is 3.16. The number of aliphatic carboxylic acids is 1. The van der Waals surface area contributed by atoms with E-state index in [1.807, 2.05) is 18.0 Å². The standard InChI is InChI=1S/C12H20N2O2S2/c1-3-10-8-13-12(18-9-11(15)16)14(10)6-4-5-7-17-2/h8H,3-7,9H2,1-2H3,(H,15,16). The van der Waals surface area contributed by atoms with E-state index >= 15 is 0 Å². The lowest BCUT2D eigenvalue weighted by molar-refractivity contribution is -0.133. The van der Waals surface area contributed by atoms with Gasteiger partial charge in [-0.1, -0.05) is 18.7 Å². The first-order valence-electron chi connectivity index (χ1n) is 6.07.